The van der Waals surface area contributed by atoms with Gasteiger partial charge in [0.05, 0.1) is 5.02 Å². The first-order valence-electron chi connectivity index (χ1n) is 5.42. The zero-order chi connectivity index (χ0) is 12.4. The Morgan fingerprint density at radius 2 is 2.29 bits per heavy atom. The second kappa shape index (κ2) is 4.85. The Labute approximate surface area is 104 Å². The minimum Gasteiger partial charge on any atom is -0.439 e. The van der Waals surface area contributed by atoms with Crippen LogP contribution in [0, 0.1) is 0 Å². The summed E-state index contributed by atoms with van der Waals surface area (Å²) in [6.45, 7) is 2.08. The number of ketones is 1. The van der Waals surface area contributed by atoms with E-state index in [9.17, 15) is 4.79 Å². The quantitative estimate of drug-likeness (QED) is 0.849. The fraction of sp³-hybridized carbons (Fsp3) is 0.333. The number of aryl methyl sites for hydroxylation is 1. The zero-order valence-electron chi connectivity index (χ0n) is 9.50. The number of nitrogens with zero attached hydrogens (tertiary/aromatic N) is 1. The number of Topliss-reactive ketones (excluding diaryl/α,β-unsaturated/α-hetero) is 1. The standard InChI is InChI=1S/C12H13ClN2O2/c1-7(16)8-5-9(13)12-10(6-8)15-11(17-12)3-2-4-14/h5-6H,2-4,14H2,1H3. The summed E-state index contributed by atoms with van der Waals surface area (Å²) < 4.78 is 5.53. The minimum atomic E-state index is -0.0414. The molecule has 0 aliphatic heterocycles. The van der Waals surface area contributed by atoms with Crippen LogP contribution in [0.3, 0.4) is 0 Å². The van der Waals surface area contributed by atoms with Gasteiger partial charge in [-0.25, -0.2) is 4.98 Å². The van der Waals surface area contributed by atoms with Gasteiger partial charge >= 0.3 is 0 Å². The first-order chi connectivity index (χ1) is 8.11. The van der Waals surface area contributed by atoms with Gasteiger partial charge in [-0.3, -0.25) is 4.79 Å². The molecule has 90 valence electrons. The van der Waals surface area contributed by atoms with E-state index in [0.29, 0.717) is 40.5 Å². The molecule has 0 saturated heterocycles. The Hall–Kier alpha value is -1.39. The van der Waals surface area contributed by atoms with Crippen molar-refractivity contribution in [3.8, 4) is 0 Å². The predicted molar refractivity (Wildman–Crippen MR) is 66.4 cm³/mol. The van der Waals surface area contributed by atoms with E-state index in [0.717, 1.165) is 6.42 Å². The van der Waals surface area contributed by atoms with E-state index in [4.69, 9.17) is 21.8 Å². The van der Waals surface area contributed by atoms with Crippen molar-refractivity contribution in [1.82, 2.24) is 4.98 Å². The molecule has 0 unspecified atom stereocenters. The van der Waals surface area contributed by atoms with Crippen LogP contribution in [0.4, 0.5) is 0 Å². The van der Waals surface area contributed by atoms with Crippen LogP contribution in [0.2, 0.25) is 5.02 Å². The molecule has 2 rings (SSSR count). The number of hydrogen-bond acceptors (Lipinski definition) is 4. The number of nitrogens with two attached hydrogens (primary N) is 1. The van der Waals surface area contributed by atoms with Crippen molar-refractivity contribution in [2.24, 2.45) is 5.73 Å². The summed E-state index contributed by atoms with van der Waals surface area (Å²) in [6.07, 6.45) is 1.49. The lowest BCUT2D eigenvalue weighted by Crippen LogP contribution is -2.00. The van der Waals surface area contributed by atoms with E-state index < -0.39 is 0 Å². The summed E-state index contributed by atoms with van der Waals surface area (Å²) in [6, 6.07) is 3.29. The molecule has 4 nitrogen and oxygen atoms in total. The molecule has 0 spiro atoms. The summed E-state index contributed by atoms with van der Waals surface area (Å²) in [5.74, 6) is 0.563. The number of carbonyl (C=O) groups excluding carboxylic acids is 1. The lowest BCUT2D eigenvalue weighted by atomic mass is 10.1. The molecule has 17 heavy (non-hydrogen) atoms. The number of halogens is 1. The molecule has 5 heteroatoms. The number of oxazole rings is 1. The van der Waals surface area contributed by atoms with Crippen LogP contribution in [0.25, 0.3) is 11.1 Å². The fourth-order valence-electron chi connectivity index (χ4n) is 1.60. The second-order valence-electron chi connectivity index (χ2n) is 3.86. The highest BCUT2D eigenvalue weighted by Gasteiger charge is 2.12. The molecule has 0 atom stereocenters. The molecule has 0 amide bonds. The summed E-state index contributed by atoms with van der Waals surface area (Å²) in [4.78, 5) is 15.6. The summed E-state index contributed by atoms with van der Waals surface area (Å²) in [5, 5.41) is 0.416. The smallest absolute Gasteiger partial charge is 0.195 e. The Balaban J connectivity index is 2.45. The first kappa shape index (κ1) is 12.1. The SMILES string of the molecule is CC(=O)c1cc(Cl)c2oc(CCCN)nc2c1. The van der Waals surface area contributed by atoms with Crippen molar-refractivity contribution >= 4 is 28.5 Å². The van der Waals surface area contributed by atoms with E-state index in [1.54, 1.807) is 12.1 Å². The molecular formula is C12H13ClN2O2. The molecule has 0 aliphatic carbocycles. The van der Waals surface area contributed by atoms with Gasteiger partial charge in [0.25, 0.3) is 0 Å². The lowest BCUT2D eigenvalue weighted by molar-refractivity contribution is 0.101. The van der Waals surface area contributed by atoms with Gasteiger partial charge in [0.1, 0.15) is 5.52 Å². The van der Waals surface area contributed by atoms with Crippen molar-refractivity contribution in [2.45, 2.75) is 19.8 Å². The topological polar surface area (TPSA) is 69.1 Å². The van der Waals surface area contributed by atoms with Crippen molar-refractivity contribution < 1.29 is 9.21 Å². The van der Waals surface area contributed by atoms with Gasteiger partial charge in [0.2, 0.25) is 0 Å². The van der Waals surface area contributed by atoms with Gasteiger partial charge in [-0.2, -0.15) is 0 Å². The number of benzene rings is 1. The monoisotopic (exact) mass is 252 g/mol. The zero-order valence-corrected chi connectivity index (χ0v) is 10.3. The fourth-order valence-corrected chi connectivity index (χ4v) is 1.85. The van der Waals surface area contributed by atoms with E-state index in [-0.39, 0.29) is 5.78 Å². The third kappa shape index (κ3) is 2.48. The average Bonchev–Trinajstić information content (AvgIpc) is 2.69. The lowest BCUT2D eigenvalue weighted by Gasteiger charge is -1.96. The van der Waals surface area contributed by atoms with Gasteiger partial charge in [0.15, 0.2) is 17.3 Å². The Morgan fingerprint density at radius 1 is 1.53 bits per heavy atom. The molecular weight excluding hydrogens is 240 g/mol. The molecule has 1 aromatic heterocycles. The Kier molecular flexibility index (Phi) is 3.45. The van der Waals surface area contributed by atoms with Gasteiger partial charge < -0.3 is 10.2 Å². The maximum absolute atomic E-state index is 11.3. The van der Waals surface area contributed by atoms with E-state index in [2.05, 4.69) is 4.98 Å². The van der Waals surface area contributed by atoms with Gasteiger partial charge in [0, 0.05) is 12.0 Å². The van der Waals surface area contributed by atoms with Crippen LogP contribution < -0.4 is 5.73 Å². The van der Waals surface area contributed by atoms with E-state index >= 15 is 0 Å². The van der Waals surface area contributed by atoms with Crippen molar-refractivity contribution in [1.29, 1.82) is 0 Å². The van der Waals surface area contributed by atoms with Crippen LogP contribution in [0.5, 0.6) is 0 Å². The number of fused-ring (bicyclic) bond motifs is 1. The summed E-state index contributed by atoms with van der Waals surface area (Å²) >= 11 is 6.04. The number of hydrogen-bond donors (Lipinski definition) is 1. The average molecular weight is 253 g/mol. The van der Waals surface area contributed by atoms with E-state index in [1.165, 1.54) is 6.92 Å². The maximum Gasteiger partial charge on any atom is 0.195 e. The number of carbonyl (C=O) groups is 1. The van der Waals surface area contributed by atoms with Gasteiger partial charge in [-0.15, -0.1) is 0 Å². The molecule has 0 bridgehead atoms. The third-order valence-electron chi connectivity index (χ3n) is 2.49. The third-order valence-corrected chi connectivity index (χ3v) is 2.77. The number of rotatable bonds is 4. The Morgan fingerprint density at radius 3 is 2.94 bits per heavy atom. The molecule has 0 radical (unpaired) electrons. The first-order valence-corrected chi connectivity index (χ1v) is 5.79. The van der Waals surface area contributed by atoms with E-state index in [1.807, 2.05) is 0 Å². The molecule has 1 aromatic carbocycles. The van der Waals surface area contributed by atoms with Crippen molar-refractivity contribution in [3.05, 3.63) is 28.6 Å². The van der Waals surface area contributed by atoms with Crippen molar-refractivity contribution in [2.75, 3.05) is 6.54 Å². The summed E-state index contributed by atoms with van der Waals surface area (Å²) in [5.41, 5.74) is 7.12. The van der Waals surface area contributed by atoms with Crippen LogP contribution in [-0.4, -0.2) is 17.3 Å². The van der Waals surface area contributed by atoms with Crippen LogP contribution >= 0.6 is 11.6 Å². The Bertz CT molecular complexity index is 563. The predicted octanol–water partition coefficient (Wildman–Crippen LogP) is 2.58. The van der Waals surface area contributed by atoms with Crippen LogP contribution in [0.15, 0.2) is 16.5 Å². The van der Waals surface area contributed by atoms with Crippen LogP contribution in [-0.2, 0) is 6.42 Å². The molecule has 2 N–H and O–H groups in total. The number of aromatic nitrogens is 1. The minimum absolute atomic E-state index is 0.0414. The van der Waals surface area contributed by atoms with Crippen molar-refractivity contribution in [3.63, 3.8) is 0 Å². The molecule has 1 heterocycles. The molecule has 0 fully saturated rings. The largest absolute Gasteiger partial charge is 0.439 e. The molecule has 2 aromatic rings. The highest BCUT2D eigenvalue weighted by atomic mass is 35.5. The van der Waals surface area contributed by atoms with Gasteiger partial charge in [-0.05, 0) is 32.0 Å². The highest BCUT2D eigenvalue weighted by Crippen LogP contribution is 2.26. The summed E-state index contributed by atoms with van der Waals surface area (Å²) in [7, 11) is 0. The second-order valence-corrected chi connectivity index (χ2v) is 4.27. The molecule has 0 aliphatic rings. The highest BCUT2D eigenvalue weighted by molar-refractivity contribution is 6.35. The van der Waals surface area contributed by atoms with Gasteiger partial charge in [-0.1, -0.05) is 11.6 Å². The maximum atomic E-state index is 11.3. The van der Waals surface area contributed by atoms with Crippen LogP contribution in [0.1, 0.15) is 29.6 Å². The normalized spacial score (nSPS) is 11.0. The molecule has 0 saturated carbocycles.